The van der Waals surface area contributed by atoms with Gasteiger partial charge >= 0.3 is 0 Å². The summed E-state index contributed by atoms with van der Waals surface area (Å²) in [5.41, 5.74) is 19.8. The molecule has 5 rings (SSSR count). The van der Waals surface area contributed by atoms with Crippen molar-refractivity contribution in [1.82, 2.24) is 0 Å². The predicted molar refractivity (Wildman–Crippen MR) is 150 cm³/mol. The van der Waals surface area contributed by atoms with Gasteiger partial charge in [0.15, 0.2) is 0 Å². The molecule has 0 aliphatic rings. The lowest BCUT2D eigenvalue weighted by molar-refractivity contribution is 1.15. The van der Waals surface area contributed by atoms with E-state index < -0.39 is 0 Å². The van der Waals surface area contributed by atoms with E-state index in [1.54, 1.807) is 0 Å². The van der Waals surface area contributed by atoms with Gasteiger partial charge in [-0.15, -0.1) is 0 Å². The first-order valence-corrected chi connectivity index (χ1v) is 12.2. The summed E-state index contributed by atoms with van der Waals surface area (Å²) in [6, 6.07) is 41.5. The number of aryl methyl sites for hydroxylation is 2. The van der Waals surface area contributed by atoms with E-state index in [9.17, 15) is 0 Å². The molecule has 0 bridgehead atoms. The van der Waals surface area contributed by atoms with Crippen LogP contribution in [0.15, 0.2) is 115 Å². The van der Waals surface area contributed by atoms with Gasteiger partial charge in [-0.3, -0.25) is 0 Å². The van der Waals surface area contributed by atoms with E-state index in [2.05, 4.69) is 123 Å². The van der Waals surface area contributed by atoms with Gasteiger partial charge in [-0.2, -0.15) is 0 Å². The molecule has 0 heterocycles. The lowest BCUT2D eigenvalue weighted by Crippen LogP contribution is -1.99. The minimum absolute atomic E-state index is 0.824. The van der Waals surface area contributed by atoms with Crippen LogP contribution in [-0.4, -0.2) is 0 Å². The average molecular weight is 454 g/mol. The molecule has 1 nitrogen and oxygen atoms in total. The van der Waals surface area contributed by atoms with Crippen LogP contribution in [0.5, 0.6) is 0 Å². The Morgan fingerprint density at radius 3 is 1.80 bits per heavy atom. The van der Waals surface area contributed by atoms with Crippen LogP contribution in [0.1, 0.15) is 33.4 Å². The Hall–Kier alpha value is -4.10. The number of nitrogens with two attached hydrogens (primary N) is 1. The first kappa shape index (κ1) is 22.7. The topological polar surface area (TPSA) is 26.0 Å². The number of hydrogen-bond donors (Lipinski definition) is 1. The monoisotopic (exact) mass is 453 g/mol. The standard InChI is InChI=1S/C34H31N/c1-24-8-14-29(15-9-24)30-16-11-27(12-17-30)21-28-13-18-31(22-26-6-4-3-5-7-26)32(23-28)33-20-25(2)10-19-34(33)35/h3-20,23H,21-22,35H2,1-2H3. The third kappa shape index (κ3) is 5.36. The second-order valence-electron chi connectivity index (χ2n) is 9.48. The molecule has 35 heavy (non-hydrogen) atoms. The maximum atomic E-state index is 6.47. The van der Waals surface area contributed by atoms with E-state index in [4.69, 9.17) is 5.73 Å². The van der Waals surface area contributed by atoms with Crippen LogP contribution in [0.2, 0.25) is 0 Å². The highest BCUT2D eigenvalue weighted by Gasteiger charge is 2.11. The lowest BCUT2D eigenvalue weighted by Gasteiger charge is -2.15. The fraction of sp³-hybridized carbons (Fsp3) is 0.118. The molecule has 0 unspecified atom stereocenters. The van der Waals surface area contributed by atoms with E-state index in [-0.39, 0.29) is 0 Å². The Morgan fingerprint density at radius 1 is 0.486 bits per heavy atom. The van der Waals surface area contributed by atoms with Crippen molar-refractivity contribution >= 4 is 5.69 Å². The molecule has 0 aliphatic heterocycles. The Kier molecular flexibility index (Phi) is 6.50. The van der Waals surface area contributed by atoms with Crippen LogP contribution in [0.4, 0.5) is 5.69 Å². The van der Waals surface area contributed by atoms with Gasteiger partial charge in [-0.05, 0) is 77.8 Å². The highest BCUT2D eigenvalue weighted by Crippen LogP contribution is 2.33. The van der Waals surface area contributed by atoms with Gasteiger partial charge < -0.3 is 5.73 Å². The summed E-state index contributed by atoms with van der Waals surface area (Å²) >= 11 is 0. The zero-order chi connectivity index (χ0) is 24.2. The Bertz CT molecular complexity index is 1430. The molecule has 0 amide bonds. The summed E-state index contributed by atoms with van der Waals surface area (Å²) in [5, 5.41) is 0. The molecule has 172 valence electrons. The molecular weight excluding hydrogens is 422 g/mol. The summed E-state index contributed by atoms with van der Waals surface area (Å²) in [7, 11) is 0. The number of hydrogen-bond acceptors (Lipinski definition) is 1. The predicted octanol–water partition coefficient (Wildman–Crippen LogP) is 8.40. The highest BCUT2D eigenvalue weighted by molar-refractivity contribution is 5.80. The summed E-state index contributed by atoms with van der Waals surface area (Å²) in [4.78, 5) is 0. The normalized spacial score (nSPS) is 10.9. The van der Waals surface area contributed by atoms with E-state index in [0.717, 1.165) is 24.1 Å². The lowest BCUT2D eigenvalue weighted by atomic mass is 9.90. The first-order chi connectivity index (χ1) is 17.0. The zero-order valence-electron chi connectivity index (χ0n) is 20.5. The largest absolute Gasteiger partial charge is 0.398 e. The quantitative estimate of drug-likeness (QED) is 0.257. The van der Waals surface area contributed by atoms with Crippen molar-refractivity contribution in [3.05, 3.63) is 149 Å². The van der Waals surface area contributed by atoms with Crippen molar-refractivity contribution in [3.63, 3.8) is 0 Å². The van der Waals surface area contributed by atoms with Crippen molar-refractivity contribution in [1.29, 1.82) is 0 Å². The van der Waals surface area contributed by atoms with Crippen LogP contribution in [-0.2, 0) is 12.8 Å². The van der Waals surface area contributed by atoms with Crippen LogP contribution in [0, 0.1) is 13.8 Å². The van der Waals surface area contributed by atoms with Gasteiger partial charge in [-0.1, -0.05) is 114 Å². The minimum Gasteiger partial charge on any atom is -0.398 e. The number of nitrogen functional groups attached to an aromatic ring is 1. The van der Waals surface area contributed by atoms with Crippen molar-refractivity contribution in [3.8, 4) is 22.3 Å². The van der Waals surface area contributed by atoms with E-state index in [0.29, 0.717) is 0 Å². The fourth-order valence-corrected chi connectivity index (χ4v) is 4.65. The summed E-state index contributed by atoms with van der Waals surface area (Å²) in [6.45, 7) is 4.25. The van der Waals surface area contributed by atoms with Crippen LogP contribution < -0.4 is 5.73 Å². The SMILES string of the molecule is Cc1ccc(-c2ccc(Cc3ccc(Cc4ccccc4)c(-c4cc(C)ccc4N)c3)cc2)cc1. The second kappa shape index (κ2) is 10.0. The molecule has 0 aliphatic carbocycles. The molecule has 0 saturated heterocycles. The number of anilines is 1. The van der Waals surface area contributed by atoms with Gasteiger partial charge in [0, 0.05) is 11.3 Å². The molecule has 0 aromatic heterocycles. The van der Waals surface area contributed by atoms with Gasteiger partial charge in [0.05, 0.1) is 0 Å². The Morgan fingerprint density at radius 2 is 1.09 bits per heavy atom. The maximum Gasteiger partial charge on any atom is 0.0394 e. The van der Waals surface area contributed by atoms with Crippen molar-refractivity contribution in [2.24, 2.45) is 0 Å². The molecule has 0 saturated carbocycles. The Labute approximate surface area is 208 Å². The Balaban J connectivity index is 1.46. The van der Waals surface area contributed by atoms with Crippen LogP contribution in [0.25, 0.3) is 22.3 Å². The molecule has 5 aromatic carbocycles. The van der Waals surface area contributed by atoms with E-state index in [1.807, 2.05) is 6.07 Å². The fourth-order valence-electron chi connectivity index (χ4n) is 4.65. The number of rotatable bonds is 6. The minimum atomic E-state index is 0.824. The third-order valence-electron chi connectivity index (χ3n) is 6.66. The van der Waals surface area contributed by atoms with Gasteiger partial charge in [0.1, 0.15) is 0 Å². The third-order valence-corrected chi connectivity index (χ3v) is 6.66. The summed E-state index contributed by atoms with van der Waals surface area (Å²) in [5.74, 6) is 0. The van der Waals surface area contributed by atoms with Crippen LogP contribution in [0.3, 0.4) is 0 Å². The molecule has 1 heteroatoms. The van der Waals surface area contributed by atoms with Gasteiger partial charge in [0.25, 0.3) is 0 Å². The molecule has 5 aromatic rings. The molecular formula is C34H31N. The zero-order valence-corrected chi connectivity index (χ0v) is 20.5. The van der Waals surface area contributed by atoms with Gasteiger partial charge in [-0.25, -0.2) is 0 Å². The van der Waals surface area contributed by atoms with Gasteiger partial charge in [0.2, 0.25) is 0 Å². The van der Waals surface area contributed by atoms with Crippen molar-refractivity contribution in [2.45, 2.75) is 26.7 Å². The summed E-state index contributed by atoms with van der Waals surface area (Å²) < 4.78 is 0. The second-order valence-corrected chi connectivity index (χ2v) is 9.48. The average Bonchev–Trinajstić information content (AvgIpc) is 2.88. The van der Waals surface area contributed by atoms with E-state index >= 15 is 0 Å². The first-order valence-electron chi connectivity index (χ1n) is 12.2. The smallest absolute Gasteiger partial charge is 0.0394 e. The molecule has 0 spiro atoms. The van der Waals surface area contributed by atoms with Crippen LogP contribution >= 0.6 is 0 Å². The highest BCUT2D eigenvalue weighted by atomic mass is 14.6. The molecule has 0 atom stereocenters. The molecule has 0 radical (unpaired) electrons. The maximum absolute atomic E-state index is 6.47. The molecule has 0 fully saturated rings. The summed E-state index contributed by atoms with van der Waals surface area (Å²) in [6.07, 6.45) is 1.77. The van der Waals surface area contributed by atoms with Crippen molar-refractivity contribution in [2.75, 3.05) is 5.73 Å². The van der Waals surface area contributed by atoms with E-state index in [1.165, 1.54) is 50.1 Å². The molecule has 2 N–H and O–H groups in total. The number of benzene rings is 5. The van der Waals surface area contributed by atoms with Crippen molar-refractivity contribution < 1.29 is 0 Å².